The van der Waals surface area contributed by atoms with Gasteiger partial charge in [0.05, 0.1) is 12.7 Å². The molecule has 0 saturated heterocycles. The van der Waals surface area contributed by atoms with Gasteiger partial charge in [-0.15, -0.1) is 0 Å². The molecular formula is C13H25NO3. The predicted molar refractivity (Wildman–Crippen MR) is 68.7 cm³/mol. The number of hydrogen-bond acceptors (Lipinski definition) is 4. The Morgan fingerprint density at radius 3 is 2.53 bits per heavy atom. The number of aliphatic hydroxyl groups excluding tert-OH is 1. The smallest absolute Gasteiger partial charge is 0.330 e. The van der Waals surface area contributed by atoms with Gasteiger partial charge in [-0.25, -0.2) is 4.79 Å². The SMILES string of the molecule is CCOC(=O)/C=C/CNCC(O)C(CC)CC. The number of esters is 1. The minimum Gasteiger partial charge on any atom is -0.463 e. The molecule has 0 aromatic heterocycles. The van der Waals surface area contributed by atoms with Crippen molar-refractivity contribution in [2.75, 3.05) is 19.7 Å². The number of hydrogen-bond donors (Lipinski definition) is 2. The van der Waals surface area contributed by atoms with E-state index in [-0.39, 0.29) is 12.1 Å². The van der Waals surface area contributed by atoms with Crippen molar-refractivity contribution in [3.05, 3.63) is 12.2 Å². The molecular weight excluding hydrogens is 218 g/mol. The lowest BCUT2D eigenvalue weighted by Gasteiger charge is -2.19. The van der Waals surface area contributed by atoms with Gasteiger partial charge in [-0.3, -0.25) is 0 Å². The summed E-state index contributed by atoms with van der Waals surface area (Å²) in [4.78, 5) is 11.0. The van der Waals surface area contributed by atoms with Gasteiger partial charge in [-0.05, 0) is 12.8 Å². The maximum atomic E-state index is 11.0. The summed E-state index contributed by atoms with van der Waals surface area (Å²) in [6, 6.07) is 0. The van der Waals surface area contributed by atoms with Crippen molar-refractivity contribution in [3.63, 3.8) is 0 Å². The van der Waals surface area contributed by atoms with E-state index in [4.69, 9.17) is 4.74 Å². The molecule has 17 heavy (non-hydrogen) atoms. The van der Waals surface area contributed by atoms with E-state index < -0.39 is 0 Å². The summed E-state index contributed by atoms with van der Waals surface area (Å²) >= 11 is 0. The van der Waals surface area contributed by atoms with Gasteiger partial charge >= 0.3 is 5.97 Å². The maximum absolute atomic E-state index is 11.0. The van der Waals surface area contributed by atoms with Crippen molar-refractivity contribution in [2.24, 2.45) is 5.92 Å². The van der Waals surface area contributed by atoms with Crippen LogP contribution in [0.5, 0.6) is 0 Å². The van der Waals surface area contributed by atoms with Gasteiger partial charge in [-0.1, -0.05) is 32.8 Å². The van der Waals surface area contributed by atoms with Gasteiger partial charge in [0, 0.05) is 19.2 Å². The van der Waals surface area contributed by atoms with Crippen molar-refractivity contribution in [1.82, 2.24) is 5.32 Å². The normalized spacial score (nSPS) is 13.2. The van der Waals surface area contributed by atoms with E-state index in [9.17, 15) is 9.90 Å². The second-order valence-corrected chi connectivity index (χ2v) is 3.96. The van der Waals surface area contributed by atoms with Gasteiger partial charge in [0.25, 0.3) is 0 Å². The van der Waals surface area contributed by atoms with Crippen LogP contribution in [0.4, 0.5) is 0 Å². The zero-order valence-electron chi connectivity index (χ0n) is 11.1. The lowest BCUT2D eigenvalue weighted by atomic mass is 9.97. The van der Waals surface area contributed by atoms with Crippen molar-refractivity contribution >= 4 is 5.97 Å². The zero-order valence-corrected chi connectivity index (χ0v) is 11.1. The summed E-state index contributed by atoms with van der Waals surface area (Å²) in [5.74, 6) is 0.0198. The summed E-state index contributed by atoms with van der Waals surface area (Å²) in [5.41, 5.74) is 0. The number of carbonyl (C=O) groups is 1. The minimum absolute atomic E-state index is 0.319. The molecule has 0 radical (unpaired) electrons. The van der Waals surface area contributed by atoms with Crippen LogP contribution in [-0.4, -0.2) is 36.9 Å². The number of ether oxygens (including phenoxy) is 1. The highest BCUT2D eigenvalue weighted by Crippen LogP contribution is 2.11. The average Bonchev–Trinajstić information content (AvgIpc) is 2.30. The van der Waals surface area contributed by atoms with Crippen LogP contribution >= 0.6 is 0 Å². The fourth-order valence-electron chi connectivity index (χ4n) is 1.66. The summed E-state index contributed by atoms with van der Waals surface area (Å²) in [6.07, 6.45) is 4.76. The second-order valence-electron chi connectivity index (χ2n) is 3.96. The van der Waals surface area contributed by atoms with Crippen molar-refractivity contribution < 1.29 is 14.6 Å². The molecule has 1 unspecified atom stereocenters. The molecule has 4 heteroatoms. The summed E-state index contributed by atoms with van der Waals surface area (Å²) < 4.78 is 4.74. The summed E-state index contributed by atoms with van der Waals surface area (Å²) in [7, 11) is 0. The predicted octanol–water partition coefficient (Wildman–Crippen LogP) is 1.49. The first kappa shape index (κ1) is 16.1. The van der Waals surface area contributed by atoms with Crippen LogP contribution < -0.4 is 5.32 Å². The maximum Gasteiger partial charge on any atom is 0.330 e. The van der Waals surface area contributed by atoms with E-state index in [0.29, 0.717) is 25.6 Å². The topological polar surface area (TPSA) is 58.6 Å². The van der Waals surface area contributed by atoms with Crippen molar-refractivity contribution in [1.29, 1.82) is 0 Å². The Bertz CT molecular complexity index is 225. The number of aliphatic hydroxyl groups is 1. The Labute approximate surface area is 104 Å². The second kappa shape index (κ2) is 10.3. The summed E-state index contributed by atoms with van der Waals surface area (Å²) in [6.45, 7) is 7.45. The molecule has 100 valence electrons. The highest BCUT2D eigenvalue weighted by molar-refractivity contribution is 5.81. The van der Waals surface area contributed by atoms with Crippen LogP contribution in [0.2, 0.25) is 0 Å². The van der Waals surface area contributed by atoms with Gasteiger partial charge in [0.2, 0.25) is 0 Å². The Morgan fingerprint density at radius 2 is 2.00 bits per heavy atom. The molecule has 2 N–H and O–H groups in total. The Balaban J connectivity index is 3.66. The monoisotopic (exact) mass is 243 g/mol. The fraction of sp³-hybridized carbons (Fsp3) is 0.769. The van der Waals surface area contributed by atoms with Crippen molar-refractivity contribution in [3.8, 4) is 0 Å². The molecule has 0 aliphatic carbocycles. The Hall–Kier alpha value is -0.870. The molecule has 0 amide bonds. The van der Waals surface area contributed by atoms with Crippen LogP contribution in [0.15, 0.2) is 12.2 Å². The lowest BCUT2D eigenvalue weighted by Crippen LogP contribution is -2.32. The first-order chi connectivity index (χ1) is 8.15. The van der Waals surface area contributed by atoms with E-state index in [1.807, 2.05) is 0 Å². The quantitative estimate of drug-likeness (QED) is 0.366. The van der Waals surface area contributed by atoms with Crippen LogP contribution in [0.1, 0.15) is 33.6 Å². The van der Waals surface area contributed by atoms with Crippen LogP contribution in [0, 0.1) is 5.92 Å². The molecule has 0 heterocycles. The zero-order chi connectivity index (χ0) is 13.1. The van der Waals surface area contributed by atoms with Gasteiger partial charge in [-0.2, -0.15) is 0 Å². The molecule has 0 aromatic rings. The van der Waals surface area contributed by atoms with Gasteiger partial charge in [0.15, 0.2) is 0 Å². The third-order valence-corrected chi connectivity index (χ3v) is 2.75. The van der Waals surface area contributed by atoms with Crippen molar-refractivity contribution in [2.45, 2.75) is 39.7 Å². The first-order valence-electron chi connectivity index (χ1n) is 6.37. The molecule has 0 aromatic carbocycles. The number of rotatable bonds is 9. The minimum atomic E-state index is -0.324. The van der Waals surface area contributed by atoms with Crippen LogP contribution in [0.3, 0.4) is 0 Å². The molecule has 0 aliphatic heterocycles. The van der Waals surface area contributed by atoms with E-state index in [1.165, 1.54) is 6.08 Å². The highest BCUT2D eigenvalue weighted by Gasteiger charge is 2.13. The number of nitrogens with one attached hydrogen (secondary N) is 1. The number of carbonyl (C=O) groups excluding carboxylic acids is 1. The molecule has 0 rings (SSSR count). The standard InChI is InChI=1S/C13H25NO3/c1-4-11(5-2)12(15)10-14-9-7-8-13(16)17-6-3/h7-8,11-12,14-15H,4-6,9-10H2,1-3H3/b8-7+. The Kier molecular flexibility index (Phi) is 9.77. The Morgan fingerprint density at radius 1 is 1.35 bits per heavy atom. The van der Waals surface area contributed by atoms with Gasteiger partial charge < -0.3 is 15.2 Å². The molecule has 0 bridgehead atoms. The molecule has 0 saturated carbocycles. The fourth-order valence-corrected chi connectivity index (χ4v) is 1.66. The van der Waals surface area contributed by atoms with Crippen LogP contribution in [-0.2, 0) is 9.53 Å². The van der Waals surface area contributed by atoms with E-state index in [0.717, 1.165) is 12.8 Å². The highest BCUT2D eigenvalue weighted by atomic mass is 16.5. The van der Waals surface area contributed by atoms with E-state index >= 15 is 0 Å². The lowest BCUT2D eigenvalue weighted by molar-refractivity contribution is -0.137. The molecule has 0 spiro atoms. The largest absolute Gasteiger partial charge is 0.463 e. The van der Waals surface area contributed by atoms with Crippen LogP contribution in [0.25, 0.3) is 0 Å². The molecule has 0 aliphatic rings. The average molecular weight is 243 g/mol. The van der Waals surface area contributed by atoms with E-state index in [2.05, 4.69) is 19.2 Å². The third kappa shape index (κ3) is 7.94. The molecule has 1 atom stereocenters. The summed E-state index contributed by atoms with van der Waals surface area (Å²) in [5, 5.41) is 12.9. The third-order valence-electron chi connectivity index (χ3n) is 2.75. The first-order valence-corrected chi connectivity index (χ1v) is 6.37. The molecule has 0 fully saturated rings. The van der Waals surface area contributed by atoms with E-state index in [1.54, 1.807) is 13.0 Å². The molecule has 4 nitrogen and oxygen atoms in total. The van der Waals surface area contributed by atoms with Gasteiger partial charge in [0.1, 0.15) is 0 Å².